The molecule has 1 saturated heterocycles. The molecule has 2 heterocycles. The molecule has 2 aromatic carbocycles. The molecule has 1 fully saturated rings. The van der Waals surface area contributed by atoms with Crippen molar-refractivity contribution in [2.45, 2.75) is 38.0 Å². The Morgan fingerprint density at radius 1 is 1.21 bits per heavy atom. The van der Waals surface area contributed by atoms with Gasteiger partial charge in [-0.1, -0.05) is 17.8 Å². The summed E-state index contributed by atoms with van der Waals surface area (Å²) in [6, 6.07) is 11.8. The third kappa shape index (κ3) is 4.54. The number of fused-ring (bicyclic) bond motifs is 1. The van der Waals surface area contributed by atoms with Crippen LogP contribution >= 0.6 is 11.8 Å². The first-order valence-electron chi connectivity index (χ1n) is 11.3. The number of anilines is 1. The van der Waals surface area contributed by atoms with Crippen molar-refractivity contribution in [3.8, 4) is 11.5 Å². The molecule has 0 aliphatic carbocycles. The highest BCUT2D eigenvalue weighted by Crippen LogP contribution is 2.40. The van der Waals surface area contributed by atoms with Gasteiger partial charge in [0.2, 0.25) is 0 Å². The molecule has 176 valence electrons. The van der Waals surface area contributed by atoms with Gasteiger partial charge in [-0.3, -0.25) is 9.59 Å². The van der Waals surface area contributed by atoms with E-state index in [1.54, 1.807) is 25.3 Å². The molecular weight excluding hydrogens is 438 g/mol. The normalized spacial score (nSPS) is 21.7. The second-order valence-corrected chi connectivity index (χ2v) is 10.3. The highest BCUT2D eigenvalue weighted by molar-refractivity contribution is 8.14. The highest BCUT2D eigenvalue weighted by atomic mass is 32.2. The molecule has 2 aliphatic heterocycles. The molecule has 2 aromatic rings. The summed E-state index contributed by atoms with van der Waals surface area (Å²) >= 11 is 1.34. The molecule has 1 N–H and O–H groups in total. The van der Waals surface area contributed by atoms with Crippen LogP contribution in [0.5, 0.6) is 11.5 Å². The number of thioether (sulfide) groups is 1. The van der Waals surface area contributed by atoms with Crippen LogP contribution in [-0.2, 0) is 6.42 Å². The lowest BCUT2D eigenvalue weighted by molar-refractivity contribution is -0.954. The van der Waals surface area contributed by atoms with E-state index < -0.39 is 0 Å². The van der Waals surface area contributed by atoms with E-state index >= 15 is 0 Å². The van der Waals surface area contributed by atoms with E-state index in [9.17, 15) is 9.59 Å². The lowest BCUT2D eigenvalue weighted by Crippen LogP contribution is -2.61. The fourth-order valence-electron chi connectivity index (χ4n) is 4.98. The zero-order valence-corrected chi connectivity index (χ0v) is 20.7. The van der Waals surface area contributed by atoms with Crippen molar-refractivity contribution in [2.24, 2.45) is 0 Å². The van der Waals surface area contributed by atoms with E-state index in [0.29, 0.717) is 34.8 Å². The smallest absolute Gasteiger partial charge is 0.323 e. The van der Waals surface area contributed by atoms with Gasteiger partial charge in [0.05, 0.1) is 33.1 Å². The highest BCUT2D eigenvalue weighted by Gasteiger charge is 2.43. The minimum Gasteiger partial charge on any atom is -0.493 e. The Morgan fingerprint density at radius 3 is 2.70 bits per heavy atom. The molecule has 2 aliphatic rings. The van der Waals surface area contributed by atoms with Crippen LogP contribution in [0.15, 0.2) is 36.4 Å². The maximum absolute atomic E-state index is 13.5. The van der Waals surface area contributed by atoms with Crippen molar-refractivity contribution >= 4 is 28.6 Å². The zero-order valence-electron chi connectivity index (χ0n) is 19.9. The van der Waals surface area contributed by atoms with Gasteiger partial charge < -0.3 is 14.4 Å². The van der Waals surface area contributed by atoms with E-state index in [1.807, 2.05) is 25.9 Å². The molecule has 33 heavy (non-hydrogen) atoms. The number of aryl methyl sites for hydroxylation is 1. The second kappa shape index (κ2) is 9.27. The van der Waals surface area contributed by atoms with Crippen LogP contribution in [0, 0.1) is 0 Å². The molecule has 0 bridgehead atoms. The van der Waals surface area contributed by atoms with Crippen LogP contribution in [-0.4, -0.2) is 55.3 Å². The topological polar surface area (TPSA) is 67.9 Å². The van der Waals surface area contributed by atoms with Crippen molar-refractivity contribution in [3.63, 3.8) is 0 Å². The van der Waals surface area contributed by atoms with E-state index in [2.05, 4.69) is 30.5 Å². The third-order valence-corrected chi connectivity index (χ3v) is 7.27. The van der Waals surface area contributed by atoms with E-state index in [0.717, 1.165) is 18.5 Å². The van der Waals surface area contributed by atoms with Gasteiger partial charge in [0.25, 0.3) is 5.91 Å². The van der Waals surface area contributed by atoms with Gasteiger partial charge >= 0.3 is 5.24 Å². The first-order chi connectivity index (χ1) is 15.7. The van der Waals surface area contributed by atoms with E-state index in [4.69, 9.17) is 9.47 Å². The molecule has 2 unspecified atom stereocenters. The number of rotatable bonds is 5. The van der Waals surface area contributed by atoms with E-state index in [-0.39, 0.29) is 22.4 Å². The summed E-state index contributed by atoms with van der Waals surface area (Å²) in [6.07, 6.45) is 1.83. The average Bonchev–Trinajstić information content (AvgIpc) is 2.77. The first kappa shape index (κ1) is 23.4. The molecule has 7 nitrogen and oxygen atoms in total. The largest absolute Gasteiger partial charge is 0.493 e. The number of ether oxygens (including phenoxy) is 2. The summed E-state index contributed by atoms with van der Waals surface area (Å²) in [5.74, 6) is 1.14. The zero-order chi connectivity index (χ0) is 23.8. The van der Waals surface area contributed by atoms with Crippen molar-refractivity contribution < 1.29 is 23.7 Å². The molecule has 8 heteroatoms. The first-order valence-corrected chi connectivity index (χ1v) is 12.2. The number of nitrogens with zero attached hydrogens (tertiary/aromatic N) is 2. The predicted octanol–water partition coefficient (Wildman–Crippen LogP) is 4.56. The molecule has 0 radical (unpaired) electrons. The monoisotopic (exact) mass is 470 g/mol. The van der Waals surface area contributed by atoms with Gasteiger partial charge in [-0.05, 0) is 62.6 Å². The number of nitrogens with one attached hydrogen (secondary N) is 1. The fraction of sp³-hybridized carbons (Fsp3) is 0.440. The number of carbonyl (C=O) groups excluding carboxylic acids is 2. The van der Waals surface area contributed by atoms with Crippen LogP contribution in [0.4, 0.5) is 10.5 Å². The summed E-state index contributed by atoms with van der Waals surface area (Å²) in [6.45, 7) is 5.22. The SMILES string of the molecule is CCOc1ccc(C(=O)N2CCCc3cc(C4C(C)SC(=O)N[N+]4(C)C)ccc32)cc1OC. The summed E-state index contributed by atoms with van der Waals surface area (Å²) < 4.78 is 11.4. The Labute approximate surface area is 199 Å². The van der Waals surface area contributed by atoms with Gasteiger partial charge in [0.1, 0.15) is 6.04 Å². The molecule has 0 spiro atoms. The van der Waals surface area contributed by atoms with Gasteiger partial charge in [-0.2, -0.15) is 5.43 Å². The summed E-state index contributed by atoms with van der Waals surface area (Å²) in [7, 11) is 5.62. The lowest BCUT2D eigenvalue weighted by Gasteiger charge is -2.43. The summed E-state index contributed by atoms with van der Waals surface area (Å²) in [5.41, 5.74) is 6.93. The number of quaternary nitrogens is 1. The minimum atomic E-state index is -0.0463. The van der Waals surface area contributed by atoms with Crippen LogP contribution in [0.2, 0.25) is 0 Å². The number of hydrogen-bond acceptors (Lipinski definition) is 5. The summed E-state index contributed by atoms with van der Waals surface area (Å²) in [5, 5.41) is 0.147. The minimum absolute atomic E-state index is 0.00395. The molecule has 2 amide bonds. The molecule has 4 rings (SSSR count). The number of carbonyl (C=O) groups is 2. The van der Waals surface area contributed by atoms with Gasteiger partial charge in [-0.25, -0.2) is 4.59 Å². The second-order valence-electron chi connectivity index (χ2n) is 8.95. The van der Waals surface area contributed by atoms with Crippen molar-refractivity contribution in [1.29, 1.82) is 0 Å². The number of hydrogen-bond donors (Lipinski definition) is 1. The Kier molecular flexibility index (Phi) is 6.59. The predicted molar refractivity (Wildman–Crippen MR) is 131 cm³/mol. The summed E-state index contributed by atoms with van der Waals surface area (Å²) in [4.78, 5) is 27.3. The molecule has 2 atom stereocenters. The lowest BCUT2D eigenvalue weighted by atomic mass is 9.94. The average molecular weight is 471 g/mol. The van der Waals surface area contributed by atoms with Gasteiger partial charge in [0, 0.05) is 23.4 Å². The molecular formula is C25H32N3O4S+. The number of benzene rings is 2. The Bertz CT molecular complexity index is 1070. The van der Waals surface area contributed by atoms with Crippen molar-refractivity contribution in [1.82, 2.24) is 5.43 Å². The van der Waals surface area contributed by atoms with Crippen LogP contribution in [0.1, 0.15) is 47.8 Å². The fourth-order valence-corrected chi connectivity index (χ4v) is 6.19. The third-order valence-electron chi connectivity index (χ3n) is 6.33. The number of amides is 2. The number of methoxy groups -OCH3 is 1. The van der Waals surface area contributed by atoms with E-state index in [1.165, 1.54) is 22.9 Å². The van der Waals surface area contributed by atoms with Crippen LogP contribution in [0.3, 0.4) is 0 Å². The Morgan fingerprint density at radius 2 is 2.00 bits per heavy atom. The van der Waals surface area contributed by atoms with Crippen molar-refractivity contribution in [2.75, 3.05) is 39.3 Å². The Balaban J connectivity index is 1.64. The maximum Gasteiger partial charge on any atom is 0.323 e. The Hall–Kier alpha value is -2.71. The van der Waals surface area contributed by atoms with Crippen LogP contribution in [0.25, 0.3) is 0 Å². The molecule has 0 aromatic heterocycles. The maximum atomic E-state index is 13.5. The van der Waals surface area contributed by atoms with Gasteiger partial charge in [-0.15, -0.1) is 0 Å². The standard InChI is InChI=1S/C25H31N3O4S/c1-6-32-21-12-10-19(15-22(21)31-5)24(29)27-13-7-8-17-14-18(9-11-20(17)27)23-16(2)33-25(30)26-28(23,3)4/h9-12,14-16,23H,6-8,13H2,1-5H3/p+1. The van der Waals surface area contributed by atoms with Crippen molar-refractivity contribution in [3.05, 3.63) is 53.1 Å². The van der Waals surface area contributed by atoms with Gasteiger partial charge in [0.15, 0.2) is 11.5 Å². The van der Waals surface area contributed by atoms with Crippen LogP contribution < -0.4 is 19.8 Å². The molecule has 0 saturated carbocycles. The quantitative estimate of drug-likeness (QED) is 0.649.